The molecule has 1 aromatic carbocycles. The van der Waals surface area contributed by atoms with Crippen LogP contribution in [0.4, 0.5) is 0 Å². The molecule has 0 radical (unpaired) electrons. The van der Waals surface area contributed by atoms with Crippen LogP contribution in [0.5, 0.6) is 0 Å². The summed E-state index contributed by atoms with van der Waals surface area (Å²) in [6, 6.07) is 10.2. The van der Waals surface area contributed by atoms with Crippen molar-refractivity contribution in [2.75, 3.05) is 12.3 Å². The van der Waals surface area contributed by atoms with Gasteiger partial charge in [-0.15, -0.1) is 10.2 Å². The normalized spacial score (nSPS) is 13.7. The molecule has 2 aromatic heterocycles. The van der Waals surface area contributed by atoms with E-state index in [1.165, 1.54) is 29.3 Å². The summed E-state index contributed by atoms with van der Waals surface area (Å²) in [6.45, 7) is 6.93. The van der Waals surface area contributed by atoms with Gasteiger partial charge in [0.2, 0.25) is 5.91 Å². The second-order valence-electron chi connectivity index (χ2n) is 8.01. The number of benzene rings is 1. The Morgan fingerprint density at radius 1 is 1.09 bits per heavy atom. The number of aromatic nitrogens is 4. The van der Waals surface area contributed by atoms with Crippen LogP contribution in [-0.4, -0.2) is 42.9 Å². The monoisotopic (exact) mass is 447 g/mol. The summed E-state index contributed by atoms with van der Waals surface area (Å²) in [5.74, 6) is 1.18. The zero-order chi connectivity index (χ0) is 22.5. The summed E-state index contributed by atoms with van der Waals surface area (Å²) in [4.78, 5) is 19.1. The lowest BCUT2D eigenvalue weighted by Crippen LogP contribution is -2.32. The highest BCUT2D eigenvalue weighted by molar-refractivity contribution is 7.99. The number of aryl methyl sites for hydroxylation is 2. The van der Waals surface area contributed by atoms with Gasteiger partial charge in [0.15, 0.2) is 11.0 Å². The fourth-order valence-corrected chi connectivity index (χ4v) is 4.79. The zero-order valence-corrected chi connectivity index (χ0v) is 19.7. The number of hydrogen-bond acceptors (Lipinski definition) is 5. The van der Waals surface area contributed by atoms with Gasteiger partial charge in [0.25, 0.3) is 0 Å². The lowest BCUT2D eigenvalue weighted by Gasteiger charge is -2.26. The molecule has 0 bridgehead atoms. The number of carbonyl (C=O) groups is 1. The number of thioether (sulfide) groups is 1. The van der Waals surface area contributed by atoms with Crippen molar-refractivity contribution in [3.8, 4) is 17.1 Å². The molecule has 0 saturated heterocycles. The summed E-state index contributed by atoms with van der Waals surface area (Å²) < 4.78 is 2.04. The molecule has 7 heteroatoms. The van der Waals surface area contributed by atoms with Crippen LogP contribution < -0.4 is 0 Å². The molecule has 0 N–H and O–H groups in total. The maximum atomic E-state index is 13.1. The zero-order valence-electron chi connectivity index (χ0n) is 18.9. The Morgan fingerprint density at radius 2 is 1.91 bits per heavy atom. The van der Waals surface area contributed by atoms with E-state index >= 15 is 0 Å². The molecule has 0 fully saturated rings. The second kappa shape index (κ2) is 10.1. The molecular formula is C25H29N5OS. The van der Waals surface area contributed by atoms with Gasteiger partial charge in [0.05, 0.1) is 11.4 Å². The first-order valence-corrected chi connectivity index (χ1v) is 12.1. The minimum Gasteiger partial charge on any atom is -0.316 e. The van der Waals surface area contributed by atoms with Crippen LogP contribution in [0, 0.1) is 13.8 Å². The lowest BCUT2D eigenvalue weighted by atomic mass is 10.0. The third-order valence-corrected chi connectivity index (χ3v) is 6.79. The lowest BCUT2D eigenvalue weighted by molar-refractivity contribution is -0.126. The number of allylic oxidation sites excluding steroid dienone is 2. The third-order valence-electron chi connectivity index (χ3n) is 5.88. The molecule has 0 aliphatic heterocycles. The molecule has 6 nitrogen and oxygen atoms in total. The Kier molecular flexibility index (Phi) is 7.05. The van der Waals surface area contributed by atoms with E-state index in [-0.39, 0.29) is 5.91 Å². The van der Waals surface area contributed by atoms with E-state index in [1.54, 1.807) is 12.4 Å². The summed E-state index contributed by atoms with van der Waals surface area (Å²) in [5.41, 5.74) is 5.52. The molecule has 4 rings (SSSR count). The van der Waals surface area contributed by atoms with Crippen molar-refractivity contribution < 1.29 is 4.79 Å². The number of carbonyl (C=O) groups excluding carboxylic acids is 1. The highest BCUT2D eigenvalue weighted by atomic mass is 32.2. The molecule has 0 spiro atoms. The average Bonchev–Trinajstić information content (AvgIpc) is 3.25. The first-order valence-electron chi connectivity index (χ1n) is 11.1. The standard InChI is InChI=1S/C25H29N5OS/c1-4-29(21-8-6-5-7-9-21)23(31)17-32-25-28-27-24(20-12-14-26-15-13-20)30(25)22-11-10-18(2)19(3)16-22/h8,10-16H,4-7,9,17H2,1-3H3. The van der Waals surface area contributed by atoms with E-state index in [4.69, 9.17) is 0 Å². The van der Waals surface area contributed by atoms with Gasteiger partial charge < -0.3 is 4.90 Å². The van der Waals surface area contributed by atoms with Gasteiger partial charge >= 0.3 is 0 Å². The highest BCUT2D eigenvalue weighted by Crippen LogP contribution is 2.29. The molecule has 0 atom stereocenters. The molecule has 32 heavy (non-hydrogen) atoms. The van der Waals surface area contributed by atoms with Crippen molar-refractivity contribution in [3.63, 3.8) is 0 Å². The van der Waals surface area contributed by atoms with E-state index in [9.17, 15) is 4.79 Å². The van der Waals surface area contributed by atoms with Crippen LogP contribution >= 0.6 is 11.8 Å². The van der Waals surface area contributed by atoms with E-state index in [2.05, 4.69) is 53.3 Å². The van der Waals surface area contributed by atoms with Crippen LogP contribution in [0.25, 0.3) is 17.1 Å². The topological polar surface area (TPSA) is 63.9 Å². The predicted molar refractivity (Wildman–Crippen MR) is 129 cm³/mol. The quantitative estimate of drug-likeness (QED) is 0.457. The van der Waals surface area contributed by atoms with Crippen molar-refractivity contribution >= 4 is 17.7 Å². The molecule has 2 heterocycles. The fourth-order valence-electron chi connectivity index (χ4n) is 3.96. The first-order chi connectivity index (χ1) is 15.6. The molecule has 166 valence electrons. The Labute approximate surface area is 193 Å². The van der Waals surface area contributed by atoms with Crippen molar-refractivity contribution in [2.45, 2.75) is 51.6 Å². The number of hydrogen-bond donors (Lipinski definition) is 0. The van der Waals surface area contributed by atoms with Crippen molar-refractivity contribution in [1.29, 1.82) is 0 Å². The van der Waals surface area contributed by atoms with Crippen LogP contribution in [0.15, 0.2) is 59.7 Å². The van der Waals surface area contributed by atoms with Gasteiger partial charge in [-0.3, -0.25) is 14.3 Å². The van der Waals surface area contributed by atoms with E-state index in [1.807, 2.05) is 28.5 Å². The predicted octanol–water partition coefficient (Wildman–Crippen LogP) is 5.34. The number of pyridine rings is 1. The van der Waals surface area contributed by atoms with Crippen molar-refractivity contribution in [3.05, 3.63) is 65.6 Å². The highest BCUT2D eigenvalue weighted by Gasteiger charge is 2.21. The van der Waals surface area contributed by atoms with E-state index in [0.717, 1.165) is 42.0 Å². The van der Waals surface area contributed by atoms with Crippen molar-refractivity contribution in [1.82, 2.24) is 24.6 Å². The molecular weight excluding hydrogens is 418 g/mol. The maximum absolute atomic E-state index is 13.1. The van der Waals surface area contributed by atoms with E-state index in [0.29, 0.717) is 17.5 Å². The molecule has 0 unspecified atom stereocenters. The number of amides is 1. The van der Waals surface area contributed by atoms with Gasteiger partial charge in [0, 0.05) is 30.2 Å². The van der Waals surface area contributed by atoms with Gasteiger partial charge in [-0.1, -0.05) is 23.9 Å². The van der Waals surface area contributed by atoms with Crippen LogP contribution in [0.3, 0.4) is 0 Å². The third kappa shape index (κ3) is 4.78. The fraction of sp³-hybridized carbons (Fsp3) is 0.360. The maximum Gasteiger partial charge on any atom is 0.237 e. The smallest absolute Gasteiger partial charge is 0.237 e. The van der Waals surface area contributed by atoms with Crippen LogP contribution in [0.2, 0.25) is 0 Å². The van der Waals surface area contributed by atoms with E-state index < -0.39 is 0 Å². The number of nitrogens with zero attached hydrogens (tertiary/aromatic N) is 5. The molecule has 1 aliphatic rings. The Balaban J connectivity index is 1.63. The Morgan fingerprint density at radius 3 is 2.59 bits per heavy atom. The van der Waals surface area contributed by atoms with Gasteiger partial charge in [-0.25, -0.2) is 0 Å². The van der Waals surface area contributed by atoms with Crippen LogP contribution in [0.1, 0.15) is 43.7 Å². The number of rotatable bonds is 7. The summed E-state index contributed by atoms with van der Waals surface area (Å²) in [5, 5.41) is 9.65. The average molecular weight is 448 g/mol. The largest absolute Gasteiger partial charge is 0.316 e. The molecule has 0 saturated carbocycles. The Bertz CT molecular complexity index is 1120. The molecule has 3 aromatic rings. The van der Waals surface area contributed by atoms with Crippen LogP contribution in [-0.2, 0) is 4.79 Å². The van der Waals surface area contributed by atoms with Gasteiger partial charge in [0.1, 0.15) is 0 Å². The minimum absolute atomic E-state index is 0.116. The van der Waals surface area contributed by atoms with Gasteiger partial charge in [-0.2, -0.15) is 0 Å². The SMILES string of the molecule is CCN(C(=O)CSc1nnc(-c2ccncc2)n1-c1ccc(C)c(C)c1)C1=CCCCC1. The summed E-state index contributed by atoms with van der Waals surface area (Å²) in [6.07, 6.45) is 10.1. The Hall–Kier alpha value is -2.93. The van der Waals surface area contributed by atoms with Crippen molar-refractivity contribution in [2.24, 2.45) is 0 Å². The molecule has 1 amide bonds. The first kappa shape index (κ1) is 22.3. The summed E-state index contributed by atoms with van der Waals surface area (Å²) >= 11 is 1.44. The second-order valence-corrected chi connectivity index (χ2v) is 8.96. The minimum atomic E-state index is 0.116. The molecule has 1 aliphatic carbocycles. The summed E-state index contributed by atoms with van der Waals surface area (Å²) in [7, 11) is 0. The van der Waals surface area contributed by atoms with Gasteiger partial charge in [-0.05, 0) is 81.8 Å².